The first-order chi connectivity index (χ1) is 6.15. The van der Waals surface area contributed by atoms with Crippen LogP contribution >= 0.6 is 11.8 Å². The summed E-state index contributed by atoms with van der Waals surface area (Å²) in [5.41, 5.74) is 1.04. The van der Waals surface area contributed by atoms with Crippen molar-refractivity contribution in [3.8, 4) is 0 Å². The van der Waals surface area contributed by atoms with Gasteiger partial charge in [-0.05, 0) is 31.4 Å². The minimum atomic E-state index is -0.447. The van der Waals surface area contributed by atoms with E-state index in [-0.39, 0.29) is 0 Å². The number of hydrogen-bond donors (Lipinski definition) is 1. The Hall–Kier alpha value is -0.670. The molecule has 0 fully saturated rings. The molecule has 0 heterocycles. The van der Waals surface area contributed by atoms with Gasteiger partial charge >= 0.3 is 0 Å². The maximum atomic E-state index is 9.36. The standard InChI is InChI=1S/C10H15NOS/c1-8(12)11(2)9-5-4-6-10(7-9)13-3/h4-8,12H,1-3H3. The molecule has 0 amide bonds. The molecule has 0 aliphatic heterocycles. The Morgan fingerprint density at radius 2 is 2.15 bits per heavy atom. The number of nitrogens with zero attached hydrogens (tertiary/aromatic N) is 1. The van der Waals surface area contributed by atoms with E-state index in [1.54, 1.807) is 18.7 Å². The third kappa shape index (κ3) is 2.64. The number of thioether (sulfide) groups is 1. The van der Waals surface area contributed by atoms with E-state index in [0.29, 0.717) is 0 Å². The highest BCUT2D eigenvalue weighted by Crippen LogP contribution is 2.21. The van der Waals surface area contributed by atoms with Crippen molar-refractivity contribution in [2.45, 2.75) is 18.0 Å². The molecule has 1 rings (SSSR count). The number of benzene rings is 1. The molecule has 3 heteroatoms. The summed E-state index contributed by atoms with van der Waals surface area (Å²) in [4.78, 5) is 3.05. The lowest BCUT2D eigenvalue weighted by molar-refractivity contribution is 0.195. The van der Waals surface area contributed by atoms with Crippen molar-refractivity contribution < 1.29 is 5.11 Å². The van der Waals surface area contributed by atoms with Gasteiger partial charge in [0.05, 0.1) is 0 Å². The zero-order valence-electron chi connectivity index (χ0n) is 8.19. The number of hydrogen-bond acceptors (Lipinski definition) is 3. The average molecular weight is 197 g/mol. The molecule has 0 saturated carbocycles. The Labute approximate surface area is 83.6 Å². The SMILES string of the molecule is CSc1cccc(N(C)C(C)O)c1. The van der Waals surface area contributed by atoms with Crippen molar-refractivity contribution in [1.29, 1.82) is 0 Å². The smallest absolute Gasteiger partial charge is 0.123 e. The molecule has 0 aliphatic carbocycles. The molecular formula is C10H15NOS. The van der Waals surface area contributed by atoms with Crippen LogP contribution in [-0.4, -0.2) is 24.6 Å². The fourth-order valence-electron chi connectivity index (χ4n) is 1.05. The Balaban J connectivity index is 2.88. The predicted octanol–water partition coefficient (Wildman–Crippen LogP) is 2.18. The van der Waals surface area contributed by atoms with Crippen LogP contribution in [0, 0.1) is 0 Å². The molecule has 0 bridgehead atoms. The van der Waals surface area contributed by atoms with Gasteiger partial charge in [-0.1, -0.05) is 6.07 Å². The number of aliphatic hydroxyl groups is 1. The third-order valence-corrected chi connectivity index (χ3v) is 2.75. The lowest BCUT2D eigenvalue weighted by atomic mass is 10.3. The second-order valence-electron chi connectivity index (χ2n) is 2.94. The van der Waals surface area contributed by atoms with Crippen LogP contribution in [0.25, 0.3) is 0 Å². The average Bonchev–Trinajstić information content (AvgIpc) is 2.16. The quantitative estimate of drug-likeness (QED) is 0.593. The van der Waals surface area contributed by atoms with Gasteiger partial charge in [0, 0.05) is 17.6 Å². The van der Waals surface area contributed by atoms with Crippen molar-refractivity contribution >= 4 is 17.4 Å². The first-order valence-electron chi connectivity index (χ1n) is 4.20. The largest absolute Gasteiger partial charge is 0.374 e. The molecule has 0 spiro atoms. The Bertz CT molecular complexity index is 275. The lowest BCUT2D eigenvalue weighted by Crippen LogP contribution is -2.27. The van der Waals surface area contributed by atoms with Gasteiger partial charge in [-0.15, -0.1) is 11.8 Å². The van der Waals surface area contributed by atoms with Crippen LogP contribution in [0.2, 0.25) is 0 Å². The van der Waals surface area contributed by atoms with Gasteiger partial charge in [-0.25, -0.2) is 0 Å². The fraction of sp³-hybridized carbons (Fsp3) is 0.400. The van der Waals surface area contributed by atoms with Gasteiger partial charge in [0.1, 0.15) is 6.23 Å². The molecule has 0 radical (unpaired) electrons. The summed E-state index contributed by atoms with van der Waals surface area (Å²) in [5.74, 6) is 0. The Morgan fingerprint density at radius 1 is 1.46 bits per heavy atom. The monoisotopic (exact) mass is 197 g/mol. The van der Waals surface area contributed by atoms with E-state index in [0.717, 1.165) is 5.69 Å². The molecule has 1 aromatic rings. The highest BCUT2D eigenvalue weighted by molar-refractivity contribution is 7.98. The third-order valence-electron chi connectivity index (χ3n) is 2.02. The van der Waals surface area contributed by atoms with Gasteiger partial charge in [0.25, 0.3) is 0 Å². The van der Waals surface area contributed by atoms with E-state index in [1.165, 1.54) is 4.90 Å². The molecule has 0 saturated heterocycles. The first kappa shape index (κ1) is 10.4. The van der Waals surface area contributed by atoms with Crippen LogP contribution in [0.4, 0.5) is 5.69 Å². The van der Waals surface area contributed by atoms with E-state index in [4.69, 9.17) is 0 Å². The van der Waals surface area contributed by atoms with E-state index in [9.17, 15) is 5.11 Å². The maximum absolute atomic E-state index is 9.36. The van der Waals surface area contributed by atoms with E-state index < -0.39 is 6.23 Å². The van der Waals surface area contributed by atoms with Crippen LogP contribution in [-0.2, 0) is 0 Å². The van der Waals surface area contributed by atoms with E-state index in [1.807, 2.05) is 30.3 Å². The molecular weight excluding hydrogens is 182 g/mol. The van der Waals surface area contributed by atoms with Crippen molar-refractivity contribution in [3.05, 3.63) is 24.3 Å². The van der Waals surface area contributed by atoms with Crippen molar-refractivity contribution in [2.24, 2.45) is 0 Å². The molecule has 1 aromatic carbocycles. The summed E-state index contributed by atoms with van der Waals surface area (Å²) in [6.07, 6.45) is 1.60. The number of aliphatic hydroxyl groups excluding tert-OH is 1. The fourth-order valence-corrected chi connectivity index (χ4v) is 1.50. The van der Waals surface area contributed by atoms with Gasteiger partial charge in [0.15, 0.2) is 0 Å². The molecule has 1 N–H and O–H groups in total. The van der Waals surface area contributed by atoms with Crippen LogP contribution in [0.15, 0.2) is 29.2 Å². The number of anilines is 1. The Morgan fingerprint density at radius 3 is 2.69 bits per heavy atom. The highest BCUT2D eigenvalue weighted by Gasteiger charge is 2.05. The minimum absolute atomic E-state index is 0.447. The molecule has 1 atom stereocenters. The molecule has 72 valence electrons. The van der Waals surface area contributed by atoms with Gasteiger partial charge in [-0.3, -0.25) is 0 Å². The zero-order chi connectivity index (χ0) is 9.84. The minimum Gasteiger partial charge on any atom is -0.374 e. The summed E-state index contributed by atoms with van der Waals surface area (Å²) >= 11 is 1.70. The summed E-state index contributed by atoms with van der Waals surface area (Å²) in [6.45, 7) is 1.76. The summed E-state index contributed by atoms with van der Waals surface area (Å²) in [7, 11) is 1.88. The van der Waals surface area contributed by atoms with Crippen LogP contribution in [0.3, 0.4) is 0 Å². The second kappa shape index (κ2) is 4.53. The molecule has 0 aromatic heterocycles. The molecule has 2 nitrogen and oxygen atoms in total. The Kier molecular flexibility index (Phi) is 3.63. The van der Waals surface area contributed by atoms with Crippen molar-refractivity contribution in [2.75, 3.05) is 18.2 Å². The van der Waals surface area contributed by atoms with Crippen molar-refractivity contribution in [1.82, 2.24) is 0 Å². The maximum Gasteiger partial charge on any atom is 0.123 e. The van der Waals surface area contributed by atoms with Crippen molar-refractivity contribution in [3.63, 3.8) is 0 Å². The van der Waals surface area contributed by atoms with Gasteiger partial charge in [-0.2, -0.15) is 0 Å². The van der Waals surface area contributed by atoms with Crippen LogP contribution < -0.4 is 4.90 Å². The second-order valence-corrected chi connectivity index (χ2v) is 3.82. The predicted molar refractivity (Wildman–Crippen MR) is 58.3 cm³/mol. The normalized spacial score (nSPS) is 12.6. The highest BCUT2D eigenvalue weighted by atomic mass is 32.2. The molecule has 1 unspecified atom stereocenters. The zero-order valence-corrected chi connectivity index (χ0v) is 9.01. The van der Waals surface area contributed by atoms with E-state index >= 15 is 0 Å². The van der Waals surface area contributed by atoms with Crippen LogP contribution in [0.1, 0.15) is 6.92 Å². The topological polar surface area (TPSA) is 23.5 Å². The first-order valence-corrected chi connectivity index (χ1v) is 5.42. The molecule has 0 aliphatic rings. The molecule has 13 heavy (non-hydrogen) atoms. The lowest BCUT2D eigenvalue weighted by Gasteiger charge is -2.22. The summed E-state index contributed by atoms with van der Waals surface area (Å²) < 4.78 is 0. The van der Waals surface area contributed by atoms with E-state index in [2.05, 4.69) is 12.1 Å². The number of rotatable bonds is 3. The summed E-state index contributed by atoms with van der Waals surface area (Å²) in [5, 5.41) is 9.36. The van der Waals surface area contributed by atoms with Gasteiger partial charge in [0.2, 0.25) is 0 Å². The van der Waals surface area contributed by atoms with Gasteiger partial charge < -0.3 is 10.0 Å². The van der Waals surface area contributed by atoms with Crippen LogP contribution in [0.5, 0.6) is 0 Å². The summed E-state index contributed by atoms with van der Waals surface area (Å²) in [6, 6.07) is 8.12.